The Kier molecular flexibility index (Phi) is 5.94. The van der Waals surface area contributed by atoms with E-state index in [2.05, 4.69) is 0 Å². The average molecular weight is 416 g/mol. The minimum absolute atomic E-state index is 0.225. The van der Waals surface area contributed by atoms with Crippen molar-refractivity contribution < 1.29 is 39.4 Å². The summed E-state index contributed by atoms with van der Waals surface area (Å²) in [4.78, 5) is 0. The predicted molar refractivity (Wildman–Crippen MR) is 106 cm³/mol. The third-order valence-electron chi connectivity index (χ3n) is 5.38. The van der Waals surface area contributed by atoms with E-state index in [1.54, 1.807) is 36.6 Å². The second-order valence-corrected chi connectivity index (χ2v) is 7.33. The first-order chi connectivity index (χ1) is 14.5. The molecular weight excluding hydrogens is 392 g/mol. The van der Waals surface area contributed by atoms with Gasteiger partial charge in [0.25, 0.3) is 0 Å². The Morgan fingerprint density at radius 3 is 2.40 bits per heavy atom. The fraction of sp³-hybridized carbons (Fsp3) is 0.364. The molecule has 1 aromatic heterocycles. The van der Waals surface area contributed by atoms with Gasteiger partial charge in [0.05, 0.1) is 18.3 Å². The molecule has 1 fully saturated rings. The molecule has 0 unspecified atom stereocenters. The molecule has 4 rings (SSSR count). The second kappa shape index (κ2) is 8.63. The molecule has 1 aliphatic heterocycles. The summed E-state index contributed by atoms with van der Waals surface area (Å²) in [5, 5.41) is 50.2. The summed E-state index contributed by atoms with van der Waals surface area (Å²) in [7, 11) is 0. The lowest BCUT2D eigenvalue weighted by Gasteiger charge is -2.39. The van der Waals surface area contributed by atoms with E-state index in [1.165, 1.54) is 0 Å². The molecule has 0 saturated carbocycles. The molecule has 5 atom stereocenters. The van der Waals surface area contributed by atoms with Crippen LogP contribution in [0.3, 0.4) is 0 Å². The highest BCUT2D eigenvalue weighted by Crippen LogP contribution is 2.34. The maximum Gasteiger partial charge on any atom is 0.229 e. The lowest BCUT2D eigenvalue weighted by atomic mass is 9.99. The van der Waals surface area contributed by atoms with Crippen LogP contribution in [-0.2, 0) is 17.6 Å². The Labute approximate surface area is 172 Å². The minimum atomic E-state index is -1.52. The lowest BCUT2D eigenvalue weighted by molar-refractivity contribution is -0.277. The number of hydrogen-bond donors (Lipinski definition) is 5. The van der Waals surface area contributed by atoms with E-state index in [1.807, 2.05) is 12.1 Å². The molecule has 1 saturated heterocycles. The zero-order chi connectivity index (χ0) is 21.3. The van der Waals surface area contributed by atoms with E-state index in [0.717, 1.165) is 11.1 Å². The number of aliphatic hydroxyl groups is 4. The maximum absolute atomic E-state index is 10.3. The summed E-state index contributed by atoms with van der Waals surface area (Å²) in [5.74, 6) is 0.598. The van der Waals surface area contributed by atoms with Gasteiger partial charge in [-0.1, -0.05) is 24.3 Å². The van der Waals surface area contributed by atoms with Gasteiger partial charge in [-0.25, -0.2) is 0 Å². The molecule has 8 heteroatoms. The van der Waals surface area contributed by atoms with Gasteiger partial charge in [0.2, 0.25) is 6.29 Å². The van der Waals surface area contributed by atoms with Crippen LogP contribution in [0.2, 0.25) is 0 Å². The number of hydrogen-bond acceptors (Lipinski definition) is 8. The van der Waals surface area contributed by atoms with E-state index in [0.29, 0.717) is 29.6 Å². The summed E-state index contributed by atoms with van der Waals surface area (Å²) in [6.45, 7) is -0.535. The number of aromatic hydroxyl groups is 1. The molecule has 5 N–H and O–H groups in total. The average Bonchev–Trinajstić information content (AvgIpc) is 3.17. The number of rotatable bonds is 6. The van der Waals surface area contributed by atoms with Crippen molar-refractivity contribution in [2.45, 2.75) is 43.5 Å². The maximum atomic E-state index is 10.3. The largest absolute Gasteiger partial charge is 0.508 e. The number of para-hydroxylation sites is 1. The molecule has 0 bridgehead atoms. The van der Waals surface area contributed by atoms with Gasteiger partial charge in [-0.2, -0.15) is 0 Å². The Bertz CT molecular complexity index is 998. The summed E-state index contributed by atoms with van der Waals surface area (Å²) in [6.07, 6.45) is -4.06. The zero-order valence-electron chi connectivity index (χ0n) is 16.1. The standard InChI is InChI=1S/C22H24O8/c23-10-17-19(25)20(26)21(27)22(30-17)29-16-7-3-6-15-18(16)13(11-28-15)9-8-12-4-1-2-5-14(12)24/h1-7,11,17,19-27H,8-10H2/t17-,19-,20+,21-,22-/m1/s1. The molecule has 1 aliphatic rings. The quantitative estimate of drug-likeness (QED) is 0.404. The Balaban J connectivity index is 1.59. The second-order valence-electron chi connectivity index (χ2n) is 7.33. The van der Waals surface area contributed by atoms with Gasteiger partial charge in [-0.15, -0.1) is 0 Å². The number of benzene rings is 2. The molecule has 0 spiro atoms. The van der Waals surface area contributed by atoms with Crippen LogP contribution in [0.1, 0.15) is 11.1 Å². The molecule has 2 heterocycles. The first-order valence-corrected chi connectivity index (χ1v) is 9.72. The molecular formula is C22H24O8. The van der Waals surface area contributed by atoms with E-state index in [4.69, 9.17) is 13.9 Å². The zero-order valence-corrected chi connectivity index (χ0v) is 16.1. The summed E-state index contributed by atoms with van der Waals surface area (Å²) in [5.41, 5.74) is 2.22. The van der Waals surface area contributed by atoms with Crippen LogP contribution in [0, 0.1) is 0 Å². The normalized spacial score (nSPS) is 26.7. The van der Waals surface area contributed by atoms with Gasteiger partial charge in [-0.3, -0.25) is 0 Å². The molecule has 30 heavy (non-hydrogen) atoms. The van der Waals surface area contributed by atoms with Crippen LogP contribution in [-0.4, -0.2) is 62.8 Å². The fourth-order valence-electron chi connectivity index (χ4n) is 3.68. The van der Waals surface area contributed by atoms with Crippen molar-refractivity contribution in [1.82, 2.24) is 0 Å². The van der Waals surface area contributed by atoms with Crippen molar-refractivity contribution in [2.24, 2.45) is 0 Å². The third kappa shape index (κ3) is 3.88. The number of fused-ring (bicyclic) bond motifs is 1. The van der Waals surface area contributed by atoms with E-state index in [-0.39, 0.29) is 5.75 Å². The molecule has 8 nitrogen and oxygen atoms in total. The summed E-state index contributed by atoms with van der Waals surface area (Å²) in [6, 6.07) is 12.3. The summed E-state index contributed by atoms with van der Waals surface area (Å²) >= 11 is 0. The van der Waals surface area contributed by atoms with Gasteiger partial charge in [0.1, 0.15) is 41.5 Å². The van der Waals surface area contributed by atoms with Crippen molar-refractivity contribution in [3.05, 3.63) is 59.9 Å². The summed E-state index contributed by atoms with van der Waals surface area (Å²) < 4.78 is 16.9. The third-order valence-corrected chi connectivity index (χ3v) is 5.38. The number of phenolic OH excluding ortho intramolecular Hbond substituents is 1. The van der Waals surface area contributed by atoms with Crippen molar-refractivity contribution in [2.75, 3.05) is 6.61 Å². The highest BCUT2D eigenvalue weighted by Gasteiger charge is 2.44. The lowest BCUT2D eigenvalue weighted by Crippen LogP contribution is -2.60. The minimum Gasteiger partial charge on any atom is -0.508 e. The number of ether oxygens (including phenoxy) is 2. The van der Waals surface area contributed by atoms with Crippen molar-refractivity contribution in [3.8, 4) is 11.5 Å². The molecule has 0 radical (unpaired) electrons. The van der Waals surface area contributed by atoms with Gasteiger partial charge < -0.3 is 39.4 Å². The van der Waals surface area contributed by atoms with Crippen LogP contribution < -0.4 is 4.74 Å². The first kappa shape index (κ1) is 20.6. The molecule has 160 valence electrons. The van der Waals surface area contributed by atoms with Crippen molar-refractivity contribution in [3.63, 3.8) is 0 Å². The Morgan fingerprint density at radius 1 is 0.867 bits per heavy atom. The first-order valence-electron chi connectivity index (χ1n) is 9.72. The predicted octanol–water partition coefficient (Wildman–Crippen LogP) is 1.10. The number of phenols is 1. The smallest absolute Gasteiger partial charge is 0.229 e. The van der Waals surface area contributed by atoms with Crippen molar-refractivity contribution >= 4 is 11.0 Å². The Morgan fingerprint density at radius 2 is 1.63 bits per heavy atom. The van der Waals surface area contributed by atoms with Gasteiger partial charge in [0, 0.05) is 5.56 Å². The topological polar surface area (TPSA) is 133 Å². The highest BCUT2D eigenvalue weighted by atomic mass is 16.7. The van der Waals surface area contributed by atoms with E-state index >= 15 is 0 Å². The fourth-order valence-corrected chi connectivity index (χ4v) is 3.68. The molecule has 2 aromatic carbocycles. The van der Waals surface area contributed by atoms with E-state index < -0.39 is 37.3 Å². The van der Waals surface area contributed by atoms with Gasteiger partial charge >= 0.3 is 0 Å². The number of furan rings is 1. The van der Waals surface area contributed by atoms with Crippen LogP contribution >= 0.6 is 0 Å². The van der Waals surface area contributed by atoms with Gasteiger partial charge in [0.15, 0.2) is 0 Å². The van der Waals surface area contributed by atoms with Crippen LogP contribution in [0.15, 0.2) is 53.1 Å². The van der Waals surface area contributed by atoms with Crippen molar-refractivity contribution in [1.29, 1.82) is 0 Å². The van der Waals surface area contributed by atoms with Crippen LogP contribution in [0.25, 0.3) is 11.0 Å². The number of aryl methyl sites for hydroxylation is 2. The molecule has 0 amide bonds. The monoisotopic (exact) mass is 416 g/mol. The van der Waals surface area contributed by atoms with Crippen LogP contribution in [0.5, 0.6) is 11.5 Å². The SMILES string of the molecule is OC[C@H]1O[C@@H](Oc2cccc3occ(CCc4ccccc4O)c23)[C@H](O)[C@@H](O)[C@@H]1O. The Hall–Kier alpha value is -2.62. The van der Waals surface area contributed by atoms with E-state index in [9.17, 15) is 25.5 Å². The molecule has 0 aliphatic carbocycles. The van der Waals surface area contributed by atoms with Crippen LogP contribution in [0.4, 0.5) is 0 Å². The van der Waals surface area contributed by atoms with Gasteiger partial charge in [-0.05, 0) is 36.6 Å². The number of aliphatic hydroxyl groups excluding tert-OH is 4. The molecule has 3 aromatic rings. The highest BCUT2D eigenvalue weighted by molar-refractivity contribution is 5.87.